The molecule has 0 unspecified atom stereocenters. The van der Waals surface area contributed by atoms with Gasteiger partial charge in [-0.2, -0.15) is 0 Å². The van der Waals surface area contributed by atoms with Crippen molar-refractivity contribution >= 4 is 68.1 Å². The van der Waals surface area contributed by atoms with Crippen LogP contribution in [-0.4, -0.2) is 49.9 Å². The van der Waals surface area contributed by atoms with Crippen molar-refractivity contribution in [2.75, 3.05) is 32.8 Å². The molecule has 39 heavy (non-hydrogen) atoms. The Morgan fingerprint density at radius 3 is 2.49 bits per heavy atom. The van der Waals surface area contributed by atoms with Gasteiger partial charge < -0.3 is 26.9 Å². The van der Waals surface area contributed by atoms with E-state index in [1.165, 1.54) is 37.6 Å². The highest BCUT2D eigenvalue weighted by molar-refractivity contribution is 14.1. The third kappa shape index (κ3) is 6.44. The first kappa shape index (κ1) is 29.0. The van der Waals surface area contributed by atoms with Crippen LogP contribution in [0.4, 0.5) is 10.1 Å². The molecule has 4 rings (SSSR count). The highest BCUT2D eigenvalue weighted by Gasteiger charge is 2.22. The van der Waals surface area contributed by atoms with Crippen LogP contribution in [0.25, 0.3) is 10.9 Å². The number of anilines is 1. The molecule has 12 heteroatoms. The van der Waals surface area contributed by atoms with Crippen LogP contribution in [0.3, 0.4) is 0 Å². The number of pyridine rings is 2. The van der Waals surface area contributed by atoms with E-state index in [0.717, 1.165) is 0 Å². The van der Waals surface area contributed by atoms with E-state index in [2.05, 4.69) is 9.97 Å². The molecule has 1 atom stereocenters. The molecule has 0 bridgehead atoms. The van der Waals surface area contributed by atoms with Gasteiger partial charge in [0.2, 0.25) is 0 Å². The molecule has 0 aliphatic heterocycles. The Bertz CT molecular complexity index is 1480. The number of fused-ring (bicyclic) bond motifs is 1. The van der Waals surface area contributed by atoms with Crippen LogP contribution < -0.4 is 23.8 Å². The van der Waals surface area contributed by atoms with Crippen LogP contribution in [0.2, 0.25) is 0 Å². The predicted octanol–water partition coefficient (Wildman–Crippen LogP) is 6.59. The Labute approximate surface area is 252 Å². The number of aromatic nitrogens is 2. The fourth-order valence-corrected chi connectivity index (χ4v) is 4.52. The zero-order valence-electron chi connectivity index (χ0n) is 21.4. The van der Waals surface area contributed by atoms with Gasteiger partial charge in [0.05, 0.1) is 23.3 Å². The smallest absolute Gasteiger partial charge is 0.263 e. The van der Waals surface area contributed by atoms with Crippen molar-refractivity contribution in [3.05, 3.63) is 69.9 Å². The summed E-state index contributed by atoms with van der Waals surface area (Å²) < 4.78 is 43.8. The number of halogens is 3. The maximum atomic E-state index is 15.4. The number of amides is 1. The standard InChI is InChI=1S/C27H24FI2N3O6/c1-15(39-30)14-37-25-11-17-21(12-24(25)36-4)32-8-6-23(17)38-26-19(28)9-16(10-20(26)29)33(2)27(34)18-13-31-7-5-22(18)35-3/h5-13,15H,14H2,1-4H3/t15-/m0/s1. The molecule has 0 radical (unpaired) electrons. The summed E-state index contributed by atoms with van der Waals surface area (Å²) in [6.45, 7) is 2.18. The van der Waals surface area contributed by atoms with Gasteiger partial charge in [-0.05, 0) is 53.8 Å². The number of ether oxygens (including phenoxy) is 4. The Balaban J connectivity index is 1.66. The molecular weight excluding hydrogens is 735 g/mol. The molecule has 9 nitrogen and oxygen atoms in total. The molecule has 0 fully saturated rings. The molecule has 4 aromatic rings. The average molecular weight is 759 g/mol. The highest BCUT2D eigenvalue weighted by atomic mass is 127. The van der Waals surface area contributed by atoms with Crippen molar-refractivity contribution in [1.29, 1.82) is 0 Å². The quantitative estimate of drug-likeness (QED) is 0.167. The molecule has 2 aromatic heterocycles. The summed E-state index contributed by atoms with van der Waals surface area (Å²) in [4.78, 5) is 22.8. The number of rotatable bonds is 10. The second kappa shape index (κ2) is 12.9. The van der Waals surface area contributed by atoms with Gasteiger partial charge in [0.1, 0.15) is 52.8 Å². The monoisotopic (exact) mass is 759 g/mol. The lowest BCUT2D eigenvalue weighted by Crippen LogP contribution is -2.27. The molecule has 0 aliphatic carbocycles. The Hall–Kier alpha value is -2.98. The van der Waals surface area contributed by atoms with E-state index in [-0.39, 0.29) is 17.4 Å². The second-order valence-corrected chi connectivity index (χ2v) is 9.99. The van der Waals surface area contributed by atoms with Crippen molar-refractivity contribution < 1.29 is 31.2 Å². The molecule has 0 saturated carbocycles. The van der Waals surface area contributed by atoms with Gasteiger partial charge in [-0.15, -0.1) is 0 Å². The maximum Gasteiger partial charge on any atom is 0.263 e. The van der Waals surface area contributed by atoms with Gasteiger partial charge in [-0.3, -0.25) is 14.8 Å². The fourth-order valence-electron chi connectivity index (χ4n) is 3.69. The summed E-state index contributed by atoms with van der Waals surface area (Å²) in [6.07, 6.45) is 4.36. The maximum absolute atomic E-state index is 15.4. The minimum absolute atomic E-state index is 0.0110. The minimum Gasteiger partial charge on any atom is -0.496 e. The fraction of sp³-hybridized carbons (Fsp3) is 0.222. The number of benzene rings is 2. The molecule has 1 amide bonds. The Morgan fingerprint density at radius 2 is 1.79 bits per heavy atom. The number of carbonyl (C=O) groups excluding carboxylic acids is 1. The highest BCUT2D eigenvalue weighted by Crippen LogP contribution is 2.40. The molecule has 204 valence electrons. The second-order valence-electron chi connectivity index (χ2n) is 8.32. The van der Waals surface area contributed by atoms with E-state index >= 15 is 4.39 Å². The third-order valence-corrected chi connectivity index (χ3v) is 7.40. The van der Waals surface area contributed by atoms with Crippen molar-refractivity contribution in [3.63, 3.8) is 0 Å². The third-order valence-electron chi connectivity index (χ3n) is 5.73. The predicted molar refractivity (Wildman–Crippen MR) is 161 cm³/mol. The zero-order valence-corrected chi connectivity index (χ0v) is 25.7. The topological polar surface area (TPSA) is 92.2 Å². The number of carbonyl (C=O) groups is 1. The number of methoxy groups -OCH3 is 2. The van der Waals surface area contributed by atoms with Gasteiger partial charge >= 0.3 is 0 Å². The van der Waals surface area contributed by atoms with Crippen LogP contribution in [0.5, 0.6) is 28.7 Å². The van der Waals surface area contributed by atoms with E-state index in [0.29, 0.717) is 49.8 Å². The lowest BCUT2D eigenvalue weighted by molar-refractivity contribution is 0.0989. The van der Waals surface area contributed by atoms with Gasteiger partial charge in [-0.1, -0.05) is 0 Å². The molecule has 0 spiro atoms. The molecule has 2 heterocycles. The van der Waals surface area contributed by atoms with E-state index in [1.54, 1.807) is 43.6 Å². The van der Waals surface area contributed by atoms with E-state index in [9.17, 15) is 4.79 Å². The normalized spacial score (nSPS) is 11.7. The summed E-state index contributed by atoms with van der Waals surface area (Å²) in [6, 6.07) is 9.60. The number of hydrogen-bond donors (Lipinski definition) is 0. The molecule has 0 N–H and O–H groups in total. The molecule has 0 aliphatic rings. The van der Waals surface area contributed by atoms with Crippen molar-refractivity contribution in [2.45, 2.75) is 13.0 Å². The van der Waals surface area contributed by atoms with Crippen molar-refractivity contribution in [1.82, 2.24) is 9.97 Å². The number of nitrogens with zero attached hydrogens (tertiary/aromatic N) is 3. The molecular formula is C27H24FI2N3O6. The summed E-state index contributed by atoms with van der Waals surface area (Å²) in [5.41, 5.74) is 1.18. The minimum atomic E-state index is -0.641. The largest absolute Gasteiger partial charge is 0.496 e. The zero-order chi connectivity index (χ0) is 28.1. The van der Waals surface area contributed by atoms with E-state index in [4.69, 9.17) is 22.0 Å². The lowest BCUT2D eigenvalue weighted by atomic mass is 10.1. The van der Waals surface area contributed by atoms with Crippen LogP contribution in [0.1, 0.15) is 17.3 Å². The SMILES string of the molecule is COc1cc2nccc(Oc3c(F)cc(N(C)C(=O)c4cnccc4OC)cc3I)c2cc1OC[C@H](C)OI. The summed E-state index contributed by atoms with van der Waals surface area (Å²) in [5.74, 6) is 0.690. The van der Waals surface area contributed by atoms with E-state index in [1.807, 2.05) is 52.5 Å². The summed E-state index contributed by atoms with van der Waals surface area (Å²) >= 11 is 3.80. The van der Waals surface area contributed by atoms with Crippen LogP contribution >= 0.6 is 45.6 Å². The van der Waals surface area contributed by atoms with Crippen LogP contribution in [0, 0.1) is 9.39 Å². The number of hydrogen-bond acceptors (Lipinski definition) is 8. The first-order chi connectivity index (χ1) is 18.8. The Kier molecular flexibility index (Phi) is 9.61. The molecule has 0 saturated heterocycles. The van der Waals surface area contributed by atoms with Crippen LogP contribution in [0.15, 0.2) is 55.0 Å². The van der Waals surface area contributed by atoms with Crippen molar-refractivity contribution in [3.8, 4) is 28.7 Å². The van der Waals surface area contributed by atoms with Gasteiger partial charge in [-0.25, -0.2) is 4.39 Å². The Morgan fingerprint density at radius 1 is 1.05 bits per heavy atom. The first-order valence-corrected chi connectivity index (χ1v) is 13.5. The summed E-state index contributed by atoms with van der Waals surface area (Å²) in [5, 5.41) is 0.603. The van der Waals surface area contributed by atoms with Gasteiger partial charge in [0, 0.05) is 48.8 Å². The first-order valence-electron chi connectivity index (χ1n) is 11.6. The van der Waals surface area contributed by atoms with Gasteiger partial charge in [0.25, 0.3) is 5.91 Å². The molecule has 2 aromatic carbocycles. The summed E-state index contributed by atoms with van der Waals surface area (Å²) in [7, 11) is 4.56. The van der Waals surface area contributed by atoms with E-state index < -0.39 is 11.7 Å². The van der Waals surface area contributed by atoms with Crippen molar-refractivity contribution in [2.24, 2.45) is 0 Å². The van der Waals surface area contributed by atoms with Crippen LogP contribution in [-0.2, 0) is 3.07 Å². The lowest BCUT2D eigenvalue weighted by Gasteiger charge is -2.20. The average Bonchev–Trinajstić information content (AvgIpc) is 2.96. The van der Waals surface area contributed by atoms with Gasteiger partial charge in [0.15, 0.2) is 23.1 Å².